The molecule has 3 aromatic heterocycles. The number of para-hydroxylation sites is 1. The fourth-order valence-corrected chi connectivity index (χ4v) is 9.82. The Morgan fingerprint density at radius 1 is 0.294 bits per heavy atom. The standard InChI is InChI=1S/C63H40N4O/c1-4-16-41(17-5-1)45-22-12-23-46(38-45)44-32-34-51(35-33-44)67-55-30-11-10-28-52(55)53-36-37-57-59(60(53)67)58-54(29-15-31-56(58)68-57)63-65-61(49-26-13-24-47(39-49)42-18-6-2-7-19-42)64-62(66-63)50-27-14-25-48(40-50)43-20-8-3-9-21-43/h1-40H. The number of hydrogen-bond acceptors (Lipinski definition) is 4. The second-order valence-corrected chi connectivity index (χ2v) is 17.2. The van der Waals surface area contributed by atoms with E-state index in [2.05, 4.69) is 223 Å². The third-order valence-electron chi connectivity index (χ3n) is 13.1. The maximum absolute atomic E-state index is 6.81. The summed E-state index contributed by atoms with van der Waals surface area (Å²) in [6.07, 6.45) is 0. The van der Waals surface area contributed by atoms with Gasteiger partial charge in [-0.3, -0.25) is 0 Å². The Hall–Kier alpha value is -9.19. The van der Waals surface area contributed by atoms with Crippen LogP contribution in [0.2, 0.25) is 0 Å². The molecule has 3 heterocycles. The van der Waals surface area contributed by atoms with Crippen molar-refractivity contribution in [1.82, 2.24) is 19.5 Å². The smallest absolute Gasteiger partial charge is 0.164 e. The first kappa shape index (κ1) is 39.2. The molecule has 0 aliphatic carbocycles. The van der Waals surface area contributed by atoms with Crippen molar-refractivity contribution in [2.75, 3.05) is 0 Å². The lowest BCUT2D eigenvalue weighted by Gasteiger charge is -2.12. The Bertz CT molecular complexity index is 3900. The van der Waals surface area contributed by atoms with Crippen molar-refractivity contribution in [2.45, 2.75) is 0 Å². The van der Waals surface area contributed by atoms with Crippen LogP contribution in [0.4, 0.5) is 0 Å². The molecule has 0 aliphatic rings. The Balaban J connectivity index is 1.02. The topological polar surface area (TPSA) is 56.7 Å². The zero-order valence-electron chi connectivity index (χ0n) is 36.8. The van der Waals surface area contributed by atoms with Gasteiger partial charge in [-0.1, -0.05) is 188 Å². The average molecular weight is 869 g/mol. The number of furan rings is 1. The number of hydrogen-bond donors (Lipinski definition) is 0. The highest BCUT2D eigenvalue weighted by Crippen LogP contribution is 2.44. The summed E-state index contributed by atoms with van der Waals surface area (Å²) in [4.78, 5) is 15.9. The first-order chi connectivity index (χ1) is 33.7. The van der Waals surface area contributed by atoms with Crippen LogP contribution in [0.5, 0.6) is 0 Å². The number of fused-ring (bicyclic) bond motifs is 7. The van der Waals surface area contributed by atoms with Gasteiger partial charge >= 0.3 is 0 Å². The largest absolute Gasteiger partial charge is 0.456 e. The summed E-state index contributed by atoms with van der Waals surface area (Å²) in [5.41, 5.74) is 16.6. The second-order valence-electron chi connectivity index (χ2n) is 17.2. The molecular formula is C63H40N4O. The van der Waals surface area contributed by atoms with Crippen LogP contribution < -0.4 is 0 Å². The molecule has 0 N–H and O–H groups in total. The van der Waals surface area contributed by atoms with Crippen LogP contribution in [0.25, 0.3) is 128 Å². The number of aromatic nitrogens is 4. The molecule has 0 atom stereocenters. The van der Waals surface area contributed by atoms with Crippen LogP contribution in [0.3, 0.4) is 0 Å². The van der Waals surface area contributed by atoms with Crippen molar-refractivity contribution in [3.63, 3.8) is 0 Å². The Kier molecular flexibility index (Phi) is 9.43. The summed E-state index contributed by atoms with van der Waals surface area (Å²) in [5, 5.41) is 4.25. The van der Waals surface area contributed by atoms with Gasteiger partial charge in [0, 0.05) is 38.5 Å². The fourth-order valence-electron chi connectivity index (χ4n) is 9.82. The number of nitrogens with zero attached hydrogens (tertiary/aromatic N) is 4. The summed E-state index contributed by atoms with van der Waals surface area (Å²) in [7, 11) is 0. The van der Waals surface area contributed by atoms with Gasteiger partial charge in [0.2, 0.25) is 0 Å². The molecule has 68 heavy (non-hydrogen) atoms. The lowest BCUT2D eigenvalue weighted by atomic mass is 9.99. The SMILES string of the molecule is c1ccc(-c2cccc(-c3ccc(-n4c5ccccc5c5ccc6oc7cccc(-c8nc(-c9cccc(-c%10ccccc%10)c9)nc(-c9cccc(-c%10ccccc%10)c9)n8)c7c6c54)cc3)c2)cc1. The van der Waals surface area contributed by atoms with E-state index in [1.54, 1.807) is 0 Å². The number of benzene rings is 10. The maximum atomic E-state index is 6.81. The van der Waals surface area contributed by atoms with Gasteiger partial charge in [-0.05, 0) is 99.1 Å². The molecule has 10 aromatic carbocycles. The van der Waals surface area contributed by atoms with Gasteiger partial charge < -0.3 is 8.98 Å². The average Bonchev–Trinajstić information content (AvgIpc) is 3.98. The molecule has 13 aromatic rings. The minimum Gasteiger partial charge on any atom is -0.456 e. The molecular weight excluding hydrogens is 829 g/mol. The third kappa shape index (κ3) is 6.84. The fraction of sp³-hybridized carbons (Fsp3) is 0. The van der Waals surface area contributed by atoms with E-state index in [1.807, 2.05) is 24.3 Å². The summed E-state index contributed by atoms with van der Waals surface area (Å²) in [6, 6.07) is 85.1. The highest BCUT2D eigenvalue weighted by atomic mass is 16.3. The zero-order valence-corrected chi connectivity index (χ0v) is 36.8. The van der Waals surface area contributed by atoms with Crippen LogP contribution in [-0.2, 0) is 0 Å². The third-order valence-corrected chi connectivity index (χ3v) is 13.1. The molecule has 0 saturated carbocycles. The van der Waals surface area contributed by atoms with E-state index in [0.29, 0.717) is 17.5 Å². The quantitative estimate of drug-likeness (QED) is 0.153. The van der Waals surface area contributed by atoms with Crippen LogP contribution in [0.15, 0.2) is 247 Å². The molecule has 0 aliphatic heterocycles. The van der Waals surface area contributed by atoms with Crippen molar-refractivity contribution >= 4 is 43.7 Å². The monoisotopic (exact) mass is 868 g/mol. The van der Waals surface area contributed by atoms with E-state index in [4.69, 9.17) is 19.4 Å². The highest BCUT2D eigenvalue weighted by Gasteiger charge is 2.23. The first-order valence-electron chi connectivity index (χ1n) is 22.9. The minimum absolute atomic E-state index is 0.565. The molecule has 318 valence electrons. The molecule has 0 spiro atoms. The molecule has 0 saturated heterocycles. The summed E-state index contributed by atoms with van der Waals surface area (Å²) in [6.45, 7) is 0. The van der Waals surface area contributed by atoms with Gasteiger partial charge in [0.25, 0.3) is 0 Å². The molecule has 0 unspecified atom stereocenters. The molecule has 0 amide bonds. The van der Waals surface area contributed by atoms with Gasteiger partial charge in [-0.2, -0.15) is 0 Å². The normalized spacial score (nSPS) is 11.5. The Morgan fingerprint density at radius 2 is 0.735 bits per heavy atom. The van der Waals surface area contributed by atoms with Gasteiger partial charge in [0.05, 0.1) is 16.4 Å². The Morgan fingerprint density at radius 3 is 1.31 bits per heavy atom. The summed E-state index contributed by atoms with van der Waals surface area (Å²) < 4.78 is 9.20. The lowest BCUT2D eigenvalue weighted by molar-refractivity contribution is 0.669. The zero-order chi connectivity index (χ0) is 45.0. The van der Waals surface area contributed by atoms with Crippen LogP contribution in [0.1, 0.15) is 0 Å². The predicted molar refractivity (Wildman–Crippen MR) is 279 cm³/mol. The Labute approximate surface area is 392 Å². The maximum Gasteiger partial charge on any atom is 0.164 e. The number of rotatable bonds is 8. The van der Waals surface area contributed by atoms with Crippen molar-refractivity contribution in [1.29, 1.82) is 0 Å². The van der Waals surface area contributed by atoms with Crippen LogP contribution in [-0.4, -0.2) is 19.5 Å². The molecule has 0 radical (unpaired) electrons. The van der Waals surface area contributed by atoms with Crippen LogP contribution in [0, 0.1) is 0 Å². The van der Waals surface area contributed by atoms with E-state index in [-0.39, 0.29) is 0 Å². The highest BCUT2D eigenvalue weighted by molar-refractivity contribution is 6.26. The first-order valence-corrected chi connectivity index (χ1v) is 22.9. The summed E-state index contributed by atoms with van der Waals surface area (Å²) >= 11 is 0. The van der Waals surface area contributed by atoms with Crippen molar-refractivity contribution in [3.05, 3.63) is 243 Å². The molecule has 5 nitrogen and oxygen atoms in total. The van der Waals surface area contributed by atoms with E-state index in [0.717, 1.165) is 93.9 Å². The molecule has 0 bridgehead atoms. The van der Waals surface area contributed by atoms with Crippen LogP contribution >= 0.6 is 0 Å². The van der Waals surface area contributed by atoms with Crippen molar-refractivity contribution < 1.29 is 4.42 Å². The predicted octanol–water partition coefficient (Wildman–Crippen LogP) is 16.5. The van der Waals surface area contributed by atoms with Gasteiger partial charge in [-0.25, -0.2) is 15.0 Å². The van der Waals surface area contributed by atoms with Crippen molar-refractivity contribution in [3.8, 4) is 84.4 Å². The van der Waals surface area contributed by atoms with Crippen molar-refractivity contribution in [2.24, 2.45) is 0 Å². The molecule has 5 heteroatoms. The second kappa shape index (κ2) is 16.4. The van der Waals surface area contributed by atoms with E-state index in [9.17, 15) is 0 Å². The van der Waals surface area contributed by atoms with Gasteiger partial charge in [0.1, 0.15) is 11.2 Å². The van der Waals surface area contributed by atoms with E-state index < -0.39 is 0 Å². The van der Waals surface area contributed by atoms with Gasteiger partial charge in [0.15, 0.2) is 17.5 Å². The molecule has 13 rings (SSSR count). The van der Waals surface area contributed by atoms with Gasteiger partial charge in [-0.15, -0.1) is 0 Å². The van der Waals surface area contributed by atoms with E-state index in [1.165, 1.54) is 16.7 Å². The van der Waals surface area contributed by atoms with E-state index >= 15 is 0 Å². The summed E-state index contributed by atoms with van der Waals surface area (Å²) in [5.74, 6) is 1.74. The lowest BCUT2D eigenvalue weighted by Crippen LogP contribution is -2.01. The minimum atomic E-state index is 0.565. The molecule has 0 fully saturated rings.